The maximum absolute atomic E-state index is 10.7. The number of hydrogen-bond acceptors (Lipinski definition) is 3. The van der Waals surface area contributed by atoms with E-state index >= 15 is 0 Å². The molecule has 1 aromatic rings. The summed E-state index contributed by atoms with van der Waals surface area (Å²) in [7, 11) is 0. The molecule has 0 aliphatic carbocycles. The highest BCUT2D eigenvalue weighted by molar-refractivity contribution is 7.99. The Morgan fingerprint density at radius 3 is 2.35 bits per heavy atom. The third-order valence-electron chi connectivity index (χ3n) is 2.30. The standard InChI is InChI=1S/C12H14O4S/c1-8(12(15)16)17-7-10-5-3-2-4-9(10)6-11(13)14/h2-5,8H,6-7H2,1H3,(H,13,14)(H,15,16). The summed E-state index contributed by atoms with van der Waals surface area (Å²) in [6, 6.07) is 7.20. The molecule has 4 nitrogen and oxygen atoms in total. The van der Waals surface area contributed by atoms with E-state index in [0.29, 0.717) is 5.75 Å². The highest BCUT2D eigenvalue weighted by Crippen LogP contribution is 2.21. The quantitative estimate of drug-likeness (QED) is 0.812. The molecule has 0 fully saturated rings. The van der Waals surface area contributed by atoms with Crippen LogP contribution in [0.15, 0.2) is 24.3 Å². The van der Waals surface area contributed by atoms with Crippen LogP contribution in [0.1, 0.15) is 18.1 Å². The molecule has 0 bridgehead atoms. The molecule has 0 spiro atoms. The Morgan fingerprint density at radius 2 is 1.82 bits per heavy atom. The van der Waals surface area contributed by atoms with Gasteiger partial charge in [-0.2, -0.15) is 0 Å². The average Bonchev–Trinajstić information content (AvgIpc) is 2.26. The first-order valence-electron chi connectivity index (χ1n) is 5.13. The summed E-state index contributed by atoms with van der Waals surface area (Å²) in [4.78, 5) is 21.3. The molecule has 1 aromatic carbocycles. The maximum Gasteiger partial charge on any atom is 0.316 e. The Hall–Kier alpha value is -1.49. The highest BCUT2D eigenvalue weighted by atomic mass is 32.2. The van der Waals surface area contributed by atoms with Crippen molar-refractivity contribution in [1.29, 1.82) is 0 Å². The van der Waals surface area contributed by atoms with Crippen molar-refractivity contribution >= 4 is 23.7 Å². The lowest BCUT2D eigenvalue weighted by atomic mass is 10.1. The number of aliphatic carboxylic acids is 2. The molecule has 92 valence electrons. The van der Waals surface area contributed by atoms with E-state index in [0.717, 1.165) is 11.1 Å². The monoisotopic (exact) mass is 254 g/mol. The van der Waals surface area contributed by atoms with Crippen molar-refractivity contribution in [3.8, 4) is 0 Å². The zero-order chi connectivity index (χ0) is 12.8. The van der Waals surface area contributed by atoms with Crippen molar-refractivity contribution in [2.24, 2.45) is 0 Å². The molecule has 0 amide bonds. The Bertz CT molecular complexity index is 417. The van der Waals surface area contributed by atoms with Gasteiger partial charge in [-0.15, -0.1) is 11.8 Å². The van der Waals surface area contributed by atoms with Gasteiger partial charge >= 0.3 is 11.9 Å². The fraction of sp³-hybridized carbons (Fsp3) is 0.333. The predicted molar refractivity (Wildman–Crippen MR) is 66.2 cm³/mol. The van der Waals surface area contributed by atoms with Gasteiger partial charge < -0.3 is 10.2 Å². The Morgan fingerprint density at radius 1 is 1.24 bits per heavy atom. The molecule has 1 atom stereocenters. The van der Waals surface area contributed by atoms with Gasteiger partial charge in [0.1, 0.15) is 0 Å². The van der Waals surface area contributed by atoms with E-state index in [-0.39, 0.29) is 6.42 Å². The summed E-state index contributed by atoms with van der Waals surface area (Å²) in [6.07, 6.45) is -0.0296. The minimum atomic E-state index is -0.881. The van der Waals surface area contributed by atoms with Gasteiger partial charge in [0.2, 0.25) is 0 Å². The topological polar surface area (TPSA) is 74.6 Å². The molecule has 0 radical (unpaired) electrons. The lowest BCUT2D eigenvalue weighted by Crippen LogP contribution is -2.12. The minimum absolute atomic E-state index is 0.0296. The molecular formula is C12H14O4S. The number of carboxylic acid groups (broad SMARTS) is 2. The van der Waals surface area contributed by atoms with E-state index in [1.54, 1.807) is 19.1 Å². The van der Waals surface area contributed by atoms with Crippen LogP contribution in [0.5, 0.6) is 0 Å². The number of hydrogen-bond donors (Lipinski definition) is 2. The largest absolute Gasteiger partial charge is 0.481 e. The second-order valence-electron chi connectivity index (χ2n) is 3.63. The summed E-state index contributed by atoms with van der Waals surface area (Å²) >= 11 is 1.29. The van der Waals surface area contributed by atoms with Crippen LogP contribution >= 0.6 is 11.8 Å². The zero-order valence-electron chi connectivity index (χ0n) is 9.42. The highest BCUT2D eigenvalue weighted by Gasteiger charge is 2.13. The number of rotatable bonds is 6. The predicted octanol–water partition coefficient (Wildman–Crippen LogP) is 2.02. The normalized spacial score (nSPS) is 12.1. The van der Waals surface area contributed by atoms with Crippen molar-refractivity contribution in [2.45, 2.75) is 24.3 Å². The lowest BCUT2D eigenvalue weighted by Gasteiger charge is -2.09. The van der Waals surface area contributed by atoms with Crippen LogP contribution in [0, 0.1) is 0 Å². The summed E-state index contributed by atoms with van der Waals surface area (Å²) in [5, 5.41) is 17.0. The first-order valence-corrected chi connectivity index (χ1v) is 6.18. The molecule has 1 unspecified atom stereocenters. The van der Waals surface area contributed by atoms with Crippen LogP contribution in [0.3, 0.4) is 0 Å². The first-order chi connectivity index (χ1) is 8.00. The third kappa shape index (κ3) is 4.48. The Balaban J connectivity index is 2.70. The van der Waals surface area contributed by atoms with Gasteiger partial charge in [-0.25, -0.2) is 0 Å². The molecule has 1 rings (SSSR count). The summed E-state index contributed by atoms with van der Waals surface area (Å²) < 4.78 is 0. The van der Waals surface area contributed by atoms with Crippen molar-refractivity contribution in [1.82, 2.24) is 0 Å². The molecule has 0 aliphatic heterocycles. The molecule has 5 heteroatoms. The third-order valence-corrected chi connectivity index (χ3v) is 3.48. The SMILES string of the molecule is CC(SCc1ccccc1CC(=O)O)C(=O)O. The smallest absolute Gasteiger partial charge is 0.316 e. The van der Waals surface area contributed by atoms with E-state index in [2.05, 4.69) is 0 Å². The fourth-order valence-electron chi connectivity index (χ4n) is 1.32. The van der Waals surface area contributed by atoms with Gasteiger partial charge in [0.25, 0.3) is 0 Å². The van der Waals surface area contributed by atoms with Crippen LogP contribution < -0.4 is 0 Å². The second kappa shape index (κ2) is 6.30. The number of benzene rings is 1. The van der Waals surface area contributed by atoms with E-state index in [9.17, 15) is 9.59 Å². The minimum Gasteiger partial charge on any atom is -0.481 e. The van der Waals surface area contributed by atoms with E-state index in [1.807, 2.05) is 12.1 Å². The second-order valence-corrected chi connectivity index (χ2v) is 4.96. The van der Waals surface area contributed by atoms with Crippen molar-refractivity contribution in [3.63, 3.8) is 0 Å². The van der Waals surface area contributed by atoms with Crippen molar-refractivity contribution in [3.05, 3.63) is 35.4 Å². The van der Waals surface area contributed by atoms with E-state index < -0.39 is 17.2 Å². The molecule has 17 heavy (non-hydrogen) atoms. The molecule has 0 aliphatic rings. The molecule has 0 heterocycles. The van der Waals surface area contributed by atoms with Crippen LogP contribution in [-0.2, 0) is 21.8 Å². The van der Waals surface area contributed by atoms with E-state index in [4.69, 9.17) is 10.2 Å². The Kier molecular flexibility index (Phi) is 5.03. The summed E-state index contributed by atoms with van der Waals surface area (Å²) in [5.74, 6) is -1.23. The van der Waals surface area contributed by atoms with Crippen LogP contribution in [0.2, 0.25) is 0 Å². The van der Waals surface area contributed by atoms with Crippen LogP contribution in [-0.4, -0.2) is 27.4 Å². The number of thioether (sulfide) groups is 1. The van der Waals surface area contributed by atoms with Crippen LogP contribution in [0.4, 0.5) is 0 Å². The van der Waals surface area contributed by atoms with Gasteiger partial charge in [0.05, 0.1) is 11.7 Å². The van der Waals surface area contributed by atoms with Gasteiger partial charge in [0, 0.05) is 5.75 Å². The molecular weight excluding hydrogens is 240 g/mol. The number of carboxylic acids is 2. The van der Waals surface area contributed by atoms with Gasteiger partial charge in [-0.3, -0.25) is 9.59 Å². The van der Waals surface area contributed by atoms with Gasteiger partial charge in [-0.1, -0.05) is 24.3 Å². The Labute approximate surface area is 104 Å². The molecule has 0 saturated carbocycles. The first kappa shape index (κ1) is 13.6. The van der Waals surface area contributed by atoms with Crippen LogP contribution in [0.25, 0.3) is 0 Å². The number of carbonyl (C=O) groups is 2. The molecule has 0 aromatic heterocycles. The fourth-order valence-corrected chi connectivity index (χ4v) is 2.17. The lowest BCUT2D eigenvalue weighted by molar-refractivity contribution is -0.137. The zero-order valence-corrected chi connectivity index (χ0v) is 10.2. The van der Waals surface area contributed by atoms with Gasteiger partial charge in [-0.05, 0) is 18.1 Å². The average molecular weight is 254 g/mol. The van der Waals surface area contributed by atoms with Gasteiger partial charge in [0.15, 0.2) is 0 Å². The van der Waals surface area contributed by atoms with E-state index in [1.165, 1.54) is 11.8 Å². The van der Waals surface area contributed by atoms with Crippen molar-refractivity contribution < 1.29 is 19.8 Å². The maximum atomic E-state index is 10.7. The summed E-state index contributed by atoms with van der Waals surface area (Å²) in [6.45, 7) is 1.62. The molecule has 0 saturated heterocycles. The molecule has 2 N–H and O–H groups in total. The van der Waals surface area contributed by atoms with Crippen molar-refractivity contribution in [2.75, 3.05) is 0 Å². The summed E-state index contributed by atoms with van der Waals surface area (Å²) in [5.41, 5.74) is 1.62.